The van der Waals surface area contributed by atoms with Gasteiger partial charge in [-0.3, -0.25) is 0 Å². The van der Waals surface area contributed by atoms with E-state index in [2.05, 4.69) is 127 Å². The van der Waals surface area contributed by atoms with Crippen LogP contribution >= 0.6 is 13.8 Å². The van der Waals surface area contributed by atoms with Crippen molar-refractivity contribution in [2.45, 2.75) is 0 Å². The van der Waals surface area contributed by atoms with Gasteiger partial charge in [-0.05, 0) is 35.0 Å². The van der Waals surface area contributed by atoms with E-state index in [-0.39, 0.29) is 0 Å². The van der Waals surface area contributed by atoms with Gasteiger partial charge >= 0.3 is 0 Å². The van der Waals surface area contributed by atoms with Gasteiger partial charge in [-0.15, -0.1) is 0 Å². The van der Waals surface area contributed by atoms with E-state index in [1.54, 1.807) is 0 Å². The third kappa shape index (κ3) is 4.70. The Morgan fingerprint density at radius 1 is 0.419 bits per heavy atom. The summed E-state index contributed by atoms with van der Waals surface area (Å²) in [6, 6.07) is 43.0. The highest BCUT2D eigenvalue weighted by Crippen LogP contribution is 2.44. The van der Waals surface area contributed by atoms with Crippen LogP contribution in [0.1, 0.15) is 0 Å². The Morgan fingerprint density at radius 3 is 0.871 bits per heavy atom. The molecule has 0 aliphatic rings. The molecule has 0 saturated heterocycles. The molecule has 156 valence electrons. The van der Waals surface area contributed by atoms with Crippen LogP contribution in [-0.4, -0.2) is 25.2 Å². The van der Waals surface area contributed by atoms with Gasteiger partial charge in [-0.25, -0.2) is 0 Å². The lowest BCUT2D eigenvalue weighted by atomic mass is 10.4. The largest absolute Gasteiger partial charge is 0.308 e. The Labute approximate surface area is 186 Å². The number of nitrogens with one attached hydrogen (secondary N) is 1. The van der Waals surface area contributed by atoms with Crippen molar-refractivity contribution in [2.75, 3.05) is 12.6 Å². The zero-order valence-corrected chi connectivity index (χ0v) is 19.6. The van der Waals surface area contributed by atoms with Crippen LogP contribution in [0.5, 0.6) is 0 Å². The van der Waals surface area contributed by atoms with Gasteiger partial charge in [-0.1, -0.05) is 134 Å². The molecule has 0 aliphatic carbocycles. The van der Waals surface area contributed by atoms with Crippen LogP contribution in [0, 0.1) is 0 Å². The molecule has 1 nitrogen and oxygen atoms in total. The molecule has 1 N–H and O–H groups in total. The number of hydrogen-bond acceptors (Lipinski definition) is 1. The fourth-order valence-corrected chi connectivity index (χ4v) is 9.41. The zero-order valence-electron chi connectivity index (χ0n) is 17.8. The summed E-state index contributed by atoms with van der Waals surface area (Å²) >= 11 is 0. The molecule has 0 saturated carbocycles. The van der Waals surface area contributed by atoms with Crippen molar-refractivity contribution in [3.8, 4) is 0 Å². The Morgan fingerprint density at radius 2 is 0.645 bits per heavy atom. The van der Waals surface area contributed by atoms with Crippen LogP contribution in [0.15, 0.2) is 121 Å². The first-order chi connectivity index (χ1) is 15.1. The summed E-state index contributed by atoms with van der Waals surface area (Å²) in [5.41, 5.74) is 0. The summed E-state index contributed by atoms with van der Waals surface area (Å²) in [7, 11) is 0. The van der Waals surface area contributed by atoms with E-state index in [9.17, 15) is 0 Å². The van der Waals surface area contributed by atoms with Crippen molar-refractivity contribution < 1.29 is 0 Å². The molecule has 0 radical (unpaired) electrons. The predicted molar refractivity (Wildman–Crippen MR) is 145 cm³/mol. The average Bonchev–Trinajstić information content (AvgIpc) is 2.86. The van der Waals surface area contributed by atoms with Gasteiger partial charge in [0.2, 0.25) is 0 Å². The Bertz CT molecular complexity index is 1000. The van der Waals surface area contributed by atoms with Crippen molar-refractivity contribution in [1.29, 1.82) is 0 Å². The number of hydrogen-bond donors (Lipinski definition) is 1. The van der Waals surface area contributed by atoms with Crippen LogP contribution in [0.3, 0.4) is 0 Å². The van der Waals surface area contributed by atoms with Gasteiger partial charge < -0.3 is 5.32 Å². The average molecular weight is 441 g/mol. The van der Waals surface area contributed by atoms with E-state index in [0.29, 0.717) is 0 Å². The summed E-state index contributed by atoms with van der Waals surface area (Å²) < 4.78 is 0. The first-order valence-corrected chi connectivity index (χ1v) is 14.8. The van der Waals surface area contributed by atoms with Crippen LogP contribution in [0.2, 0.25) is 0 Å². The minimum Gasteiger partial charge on any atom is -0.308 e. The number of rotatable bonds is 8. The Kier molecular flexibility index (Phi) is 6.79. The first kappa shape index (κ1) is 21.7. The zero-order chi connectivity index (χ0) is 21.6. The van der Waals surface area contributed by atoms with Crippen LogP contribution in [0.4, 0.5) is 0 Å². The monoisotopic (exact) mass is 441 g/mol. The maximum Gasteiger partial charge on any atom is 0.0229 e. The lowest BCUT2D eigenvalue weighted by Crippen LogP contribution is -2.31. The quantitative estimate of drug-likeness (QED) is 0.391. The van der Waals surface area contributed by atoms with E-state index in [1.165, 1.54) is 21.2 Å². The van der Waals surface area contributed by atoms with Crippen LogP contribution in [0.25, 0.3) is 0 Å². The third-order valence-corrected chi connectivity index (χ3v) is 12.4. The van der Waals surface area contributed by atoms with Crippen molar-refractivity contribution in [3.05, 3.63) is 121 Å². The molecule has 4 aromatic carbocycles. The molecule has 0 spiro atoms. The second-order valence-corrected chi connectivity index (χ2v) is 14.4. The maximum absolute atomic E-state index is 4.82. The molecule has 4 rings (SSSR count). The smallest absolute Gasteiger partial charge is 0.0229 e. The Hall–Kier alpha value is -2.56. The summed E-state index contributed by atoms with van der Waals surface area (Å²) in [4.78, 5) is 0. The molecular formula is C28H29NP2. The molecule has 0 amide bonds. The van der Waals surface area contributed by atoms with E-state index in [0.717, 1.165) is 12.6 Å². The first-order valence-electron chi connectivity index (χ1n) is 10.5. The summed E-state index contributed by atoms with van der Waals surface area (Å²) in [6.45, 7) is -3.63. The van der Waals surface area contributed by atoms with Crippen LogP contribution < -0.4 is 26.5 Å². The summed E-state index contributed by atoms with van der Waals surface area (Å²) in [5, 5.41) is 9.12. The normalized spacial score (nSPS) is 11.9. The minimum absolute atomic E-state index is 0.845. The fourth-order valence-electron chi connectivity index (χ4n) is 3.95. The molecule has 0 aromatic heterocycles. The molecule has 0 bridgehead atoms. The van der Waals surface area contributed by atoms with Gasteiger partial charge in [0.1, 0.15) is 0 Å². The third-order valence-electron chi connectivity index (χ3n) is 5.77. The predicted octanol–water partition coefficient (Wildman–Crippen LogP) is 4.69. The van der Waals surface area contributed by atoms with Gasteiger partial charge in [0.25, 0.3) is 0 Å². The molecule has 0 heterocycles. The number of benzene rings is 4. The molecular weight excluding hydrogens is 412 g/mol. The lowest BCUT2D eigenvalue weighted by Gasteiger charge is -2.30. The molecule has 3 heteroatoms. The van der Waals surface area contributed by atoms with E-state index in [1.807, 2.05) is 0 Å². The summed E-state index contributed by atoms with van der Waals surface area (Å²) in [5.74, 6) is 0. The van der Waals surface area contributed by atoms with Gasteiger partial charge in [0, 0.05) is 12.6 Å². The van der Waals surface area contributed by atoms with E-state index >= 15 is 0 Å². The van der Waals surface area contributed by atoms with Gasteiger partial charge in [0.05, 0.1) is 0 Å². The highest BCUT2D eigenvalue weighted by Gasteiger charge is 2.23. The summed E-state index contributed by atoms with van der Waals surface area (Å²) in [6.07, 6.45) is 11.3. The fraction of sp³-hybridized carbons (Fsp3) is 0.0714. The van der Waals surface area contributed by atoms with Crippen molar-refractivity contribution in [3.63, 3.8) is 0 Å². The molecule has 0 unspecified atom stereocenters. The second-order valence-electron chi connectivity index (χ2n) is 7.84. The van der Waals surface area contributed by atoms with Gasteiger partial charge in [0.15, 0.2) is 0 Å². The topological polar surface area (TPSA) is 12.0 Å². The standard InChI is InChI=1S/C28H29NP2/c1-30(25-15-7-3-8-16-25,26-17-9-4-10-18-26)23-29-24-31(2,27-19-11-5-12-20-27)28-21-13-6-14-22-28/h3-22,29H,1-2,23-24H2. The molecule has 31 heavy (non-hydrogen) atoms. The van der Waals surface area contributed by atoms with Crippen molar-refractivity contribution in [1.82, 2.24) is 5.32 Å². The lowest BCUT2D eigenvalue weighted by molar-refractivity contribution is 0.937. The molecule has 0 atom stereocenters. The van der Waals surface area contributed by atoms with Crippen molar-refractivity contribution in [2.24, 2.45) is 0 Å². The molecule has 4 aromatic rings. The van der Waals surface area contributed by atoms with Crippen LogP contribution in [-0.2, 0) is 0 Å². The van der Waals surface area contributed by atoms with E-state index < -0.39 is 13.8 Å². The Balaban J connectivity index is 1.66. The minimum atomic E-state index is -1.81. The molecule has 0 aliphatic heterocycles. The highest BCUT2D eigenvalue weighted by molar-refractivity contribution is 7.88. The highest BCUT2D eigenvalue weighted by atomic mass is 31.2. The van der Waals surface area contributed by atoms with E-state index in [4.69, 9.17) is 12.6 Å². The maximum atomic E-state index is 4.82. The molecule has 0 fully saturated rings. The van der Waals surface area contributed by atoms with Crippen molar-refractivity contribution >= 4 is 47.6 Å². The SMILES string of the molecule is C=P(CNCP(=C)(c1ccccc1)c1ccccc1)(c1ccccc1)c1ccccc1. The van der Waals surface area contributed by atoms with Gasteiger partial charge in [-0.2, -0.15) is 0 Å². The second kappa shape index (κ2) is 9.71.